The zero-order valence-electron chi connectivity index (χ0n) is 14.7. The van der Waals surface area contributed by atoms with Gasteiger partial charge in [-0.25, -0.2) is 4.79 Å². The molecular formula is C18H18N4O3S. The van der Waals surface area contributed by atoms with Crippen molar-refractivity contribution >= 4 is 17.7 Å². The lowest BCUT2D eigenvalue weighted by atomic mass is 10.1. The Morgan fingerprint density at radius 2 is 1.92 bits per heavy atom. The Labute approximate surface area is 155 Å². The molecule has 2 aromatic carbocycles. The number of aromatic nitrogens is 4. The summed E-state index contributed by atoms with van der Waals surface area (Å²) in [5.74, 6) is 1.02. The van der Waals surface area contributed by atoms with E-state index in [0.717, 1.165) is 16.8 Å². The first-order valence-electron chi connectivity index (χ1n) is 7.86. The first-order chi connectivity index (χ1) is 12.6. The number of nitrogens with zero attached hydrogens (tertiary/aromatic N) is 4. The molecule has 3 rings (SSSR count). The SMILES string of the molecule is COC(=O)c1ccc(CSc2nnnn2-c2cc(C)ccc2OC)cc1. The van der Waals surface area contributed by atoms with Gasteiger partial charge >= 0.3 is 5.97 Å². The van der Waals surface area contributed by atoms with Crippen molar-refractivity contribution < 1.29 is 14.3 Å². The number of rotatable bonds is 6. The monoisotopic (exact) mass is 370 g/mol. The number of carbonyl (C=O) groups excluding carboxylic acids is 1. The topological polar surface area (TPSA) is 79.1 Å². The summed E-state index contributed by atoms with van der Waals surface area (Å²) in [5, 5.41) is 12.6. The summed E-state index contributed by atoms with van der Waals surface area (Å²) in [5.41, 5.74) is 3.45. The molecule has 0 N–H and O–H groups in total. The number of carbonyl (C=O) groups is 1. The highest BCUT2D eigenvalue weighted by atomic mass is 32.2. The van der Waals surface area contributed by atoms with E-state index in [1.54, 1.807) is 23.9 Å². The van der Waals surface area contributed by atoms with E-state index >= 15 is 0 Å². The van der Waals surface area contributed by atoms with Gasteiger partial charge in [0, 0.05) is 5.75 Å². The van der Waals surface area contributed by atoms with Crippen LogP contribution in [0, 0.1) is 6.92 Å². The molecule has 0 saturated carbocycles. The first-order valence-corrected chi connectivity index (χ1v) is 8.84. The number of ether oxygens (including phenoxy) is 2. The van der Waals surface area contributed by atoms with Crippen LogP contribution in [0.1, 0.15) is 21.5 Å². The molecule has 0 aliphatic heterocycles. The van der Waals surface area contributed by atoms with Crippen molar-refractivity contribution in [2.75, 3.05) is 14.2 Å². The van der Waals surface area contributed by atoms with E-state index in [4.69, 9.17) is 9.47 Å². The van der Waals surface area contributed by atoms with Gasteiger partial charge in [0.15, 0.2) is 0 Å². The molecule has 0 bridgehead atoms. The fourth-order valence-electron chi connectivity index (χ4n) is 2.39. The highest BCUT2D eigenvalue weighted by Crippen LogP contribution is 2.28. The highest BCUT2D eigenvalue weighted by Gasteiger charge is 2.14. The van der Waals surface area contributed by atoms with Crippen molar-refractivity contribution in [1.82, 2.24) is 20.2 Å². The second kappa shape index (κ2) is 8.01. The van der Waals surface area contributed by atoms with Gasteiger partial charge in [-0.2, -0.15) is 4.68 Å². The van der Waals surface area contributed by atoms with Gasteiger partial charge in [0.2, 0.25) is 5.16 Å². The zero-order valence-corrected chi connectivity index (χ0v) is 15.5. The molecule has 0 radical (unpaired) electrons. The second-order valence-electron chi connectivity index (χ2n) is 5.53. The average Bonchev–Trinajstić information content (AvgIpc) is 3.14. The van der Waals surface area contributed by atoms with E-state index in [-0.39, 0.29) is 5.97 Å². The Morgan fingerprint density at radius 1 is 1.15 bits per heavy atom. The molecule has 0 unspecified atom stereocenters. The van der Waals surface area contributed by atoms with Gasteiger partial charge in [0.1, 0.15) is 11.4 Å². The summed E-state index contributed by atoms with van der Waals surface area (Å²) in [7, 11) is 2.99. The van der Waals surface area contributed by atoms with Crippen LogP contribution >= 0.6 is 11.8 Å². The Morgan fingerprint density at radius 3 is 2.62 bits per heavy atom. The Bertz CT molecular complexity index is 909. The van der Waals surface area contributed by atoms with Crippen molar-refractivity contribution in [3.8, 4) is 11.4 Å². The molecule has 0 atom stereocenters. The van der Waals surface area contributed by atoms with Crippen molar-refractivity contribution in [2.45, 2.75) is 17.8 Å². The maximum Gasteiger partial charge on any atom is 0.337 e. The predicted molar refractivity (Wildman–Crippen MR) is 97.8 cm³/mol. The van der Waals surface area contributed by atoms with E-state index in [1.165, 1.54) is 18.9 Å². The van der Waals surface area contributed by atoms with Crippen LogP contribution in [0.15, 0.2) is 47.6 Å². The zero-order chi connectivity index (χ0) is 18.5. The molecule has 3 aromatic rings. The Hall–Kier alpha value is -2.87. The number of thioether (sulfide) groups is 1. The number of methoxy groups -OCH3 is 2. The number of hydrogen-bond donors (Lipinski definition) is 0. The molecule has 134 valence electrons. The summed E-state index contributed by atoms with van der Waals surface area (Å²) < 4.78 is 11.8. The number of aryl methyl sites for hydroxylation is 1. The quantitative estimate of drug-likeness (QED) is 0.487. The van der Waals surface area contributed by atoms with E-state index < -0.39 is 0 Å². The molecule has 1 heterocycles. The molecule has 7 nitrogen and oxygen atoms in total. The van der Waals surface area contributed by atoms with Gasteiger partial charge in [-0.1, -0.05) is 30.0 Å². The number of esters is 1. The van der Waals surface area contributed by atoms with Crippen LogP contribution in [-0.4, -0.2) is 40.4 Å². The molecule has 0 spiro atoms. The van der Waals surface area contributed by atoms with Crippen LogP contribution in [0.3, 0.4) is 0 Å². The molecule has 0 aliphatic carbocycles. The summed E-state index contributed by atoms with van der Waals surface area (Å²) >= 11 is 1.50. The van der Waals surface area contributed by atoms with Crippen molar-refractivity contribution in [2.24, 2.45) is 0 Å². The lowest BCUT2D eigenvalue weighted by Crippen LogP contribution is -2.03. The summed E-state index contributed by atoms with van der Waals surface area (Å²) in [6.45, 7) is 2.00. The maximum absolute atomic E-state index is 11.5. The summed E-state index contributed by atoms with van der Waals surface area (Å²) in [6.07, 6.45) is 0. The Balaban J connectivity index is 1.78. The molecular weight excluding hydrogens is 352 g/mol. The molecule has 26 heavy (non-hydrogen) atoms. The highest BCUT2D eigenvalue weighted by molar-refractivity contribution is 7.98. The maximum atomic E-state index is 11.5. The van der Waals surface area contributed by atoms with Gasteiger partial charge in [0.05, 0.1) is 19.8 Å². The van der Waals surface area contributed by atoms with Crippen LogP contribution in [0.5, 0.6) is 5.75 Å². The number of hydrogen-bond acceptors (Lipinski definition) is 7. The third-order valence-corrected chi connectivity index (χ3v) is 4.74. The average molecular weight is 370 g/mol. The minimum atomic E-state index is -0.348. The number of tetrazole rings is 1. The summed E-state index contributed by atoms with van der Waals surface area (Å²) in [6, 6.07) is 13.1. The smallest absolute Gasteiger partial charge is 0.337 e. The third kappa shape index (κ3) is 3.85. The molecule has 0 fully saturated rings. The van der Waals surface area contributed by atoms with E-state index in [1.807, 2.05) is 37.3 Å². The predicted octanol–water partition coefficient (Wildman–Crippen LogP) is 3.06. The lowest BCUT2D eigenvalue weighted by Gasteiger charge is -2.10. The van der Waals surface area contributed by atoms with Crippen molar-refractivity contribution in [3.63, 3.8) is 0 Å². The van der Waals surface area contributed by atoms with Crippen LogP contribution in [0.4, 0.5) is 0 Å². The van der Waals surface area contributed by atoms with Crippen molar-refractivity contribution in [1.29, 1.82) is 0 Å². The minimum Gasteiger partial charge on any atom is -0.494 e. The standard InChI is InChI=1S/C18H18N4O3S/c1-12-4-9-16(24-2)15(10-12)22-18(19-20-21-22)26-11-13-5-7-14(8-6-13)17(23)25-3/h4-10H,11H2,1-3H3. The fraction of sp³-hybridized carbons (Fsp3) is 0.222. The van der Waals surface area contributed by atoms with E-state index in [0.29, 0.717) is 22.2 Å². The largest absolute Gasteiger partial charge is 0.494 e. The van der Waals surface area contributed by atoms with Gasteiger partial charge in [0.25, 0.3) is 0 Å². The fourth-order valence-corrected chi connectivity index (χ4v) is 3.23. The van der Waals surface area contributed by atoms with Gasteiger partial charge in [-0.05, 0) is 52.7 Å². The third-order valence-electron chi connectivity index (χ3n) is 3.75. The van der Waals surface area contributed by atoms with Crippen LogP contribution in [-0.2, 0) is 10.5 Å². The van der Waals surface area contributed by atoms with E-state index in [2.05, 4.69) is 15.5 Å². The van der Waals surface area contributed by atoms with Crippen molar-refractivity contribution in [3.05, 3.63) is 59.2 Å². The Kier molecular flexibility index (Phi) is 5.52. The lowest BCUT2D eigenvalue weighted by molar-refractivity contribution is 0.0600. The molecule has 1 aromatic heterocycles. The van der Waals surface area contributed by atoms with Gasteiger partial charge in [-0.3, -0.25) is 0 Å². The van der Waals surface area contributed by atoms with Crippen LogP contribution in [0.25, 0.3) is 5.69 Å². The molecule has 0 aliphatic rings. The molecule has 0 amide bonds. The second-order valence-corrected chi connectivity index (χ2v) is 6.47. The molecule has 0 saturated heterocycles. The first kappa shape index (κ1) is 17.9. The van der Waals surface area contributed by atoms with Gasteiger partial charge in [-0.15, -0.1) is 5.10 Å². The minimum absolute atomic E-state index is 0.348. The van der Waals surface area contributed by atoms with Gasteiger partial charge < -0.3 is 9.47 Å². The molecule has 8 heteroatoms. The number of benzene rings is 2. The normalized spacial score (nSPS) is 10.6. The van der Waals surface area contributed by atoms with Crippen LogP contribution in [0.2, 0.25) is 0 Å². The van der Waals surface area contributed by atoms with E-state index in [9.17, 15) is 4.79 Å². The van der Waals surface area contributed by atoms with Crippen LogP contribution < -0.4 is 4.74 Å². The summed E-state index contributed by atoms with van der Waals surface area (Å²) in [4.78, 5) is 11.5.